The summed E-state index contributed by atoms with van der Waals surface area (Å²) < 4.78 is 8.89. The number of hydrogen-bond donors (Lipinski definition) is 0. The Labute approximate surface area is 170 Å². The summed E-state index contributed by atoms with van der Waals surface area (Å²) in [7, 11) is -1.09. The van der Waals surface area contributed by atoms with Crippen LogP contribution in [0.2, 0.25) is 25.7 Å². The lowest BCUT2D eigenvalue weighted by atomic mass is 10.1. The van der Waals surface area contributed by atoms with Gasteiger partial charge in [-0.15, -0.1) is 0 Å². The number of pyridine rings is 2. The second kappa shape index (κ2) is 8.38. The van der Waals surface area contributed by atoms with Crippen molar-refractivity contribution in [3.63, 3.8) is 0 Å². The molecule has 6 heteroatoms. The quantitative estimate of drug-likeness (QED) is 0.309. The molecule has 0 aliphatic heterocycles. The third-order valence-electron chi connectivity index (χ3n) is 4.28. The molecule has 3 aromatic heterocycles. The van der Waals surface area contributed by atoms with Gasteiger partial charge in [-0.2, -0.15) is 0 Å². The van der Waals surface area contributed by atoms with Crippen molar-refractivity contribution in [1.82, 2.24) is 14.5 Å². The van der Waals surface area contributed by atoms with Crippen LogP contribution in [0.3, 0.4) is 0 Å². The van der Waals surface area contributed by atoms with E-state index in [1.165, 1.54) is 0 Å². The predicted octanol–water partition coefficient (Wildman–Crippen LogP) is 5.21. The molecule has 3 aromatic rings. The topological polar surface area (TPSA) is 39.9 Å². The van der Waals surface area contributed by atoms with Gasteiger partial charge in [0.2, 0.25) is 0 Å². The number of aryl methyl sites for hydroxylation is 1. The van der Waals surface area contributed by atoms with Gasteiger partial charge in [0.15, 0.2) is 0 Å². The summed E-state index contributed by atoms with van der Waals surface area (Å²) in [5.41, 5.74) is 3.89. The van der Waals surface area contributed by atoms with Crippen LogP contribution in [0, 0.1) is 18.8 Å². The molecular weight excluding hydrogens is 418 g/mol. The van der Waals surface area contributed by atoms with Gasteiger partial charge in [-0.3, -0.25) is 4.98 Å². The summed E-state index contributed by atoms with van der Waals surface area (Å²) in [6.07, 6.45) is 7.42. The van der Waals surface area contributed by atoms with Crippen molar-refractivity contribution in [2.45, 2.75) is 39.3 Å². The maximum absolute atomic E-state index is 5.92. The molecule has 0 unspecified atom stereocenters. The monoisotopic (exact) mass is 441 g/mol. The fourth-order valence-corrected chi connectivity index (χ4v) is 3.70. The summed E-state index contributed by atoms with van der Waals surface area (Å²) in [5, 5.41) is 1.02. The minimum absolute atomic E-state index is 0.489. The Hall–Kier alpha value is -1.94. The second-order valence-electron chi connectivity index (χ2n) is 7.83. The Morgan fingerprint density at radius 2 is 1.96 bits per heavy atom. The van der Waals surface area contributed by atoms with E-state index in [2.05, 4.69) is 63.4 Å². The minimum atomic E-state index is -1.09. The van der Waals surface area contributed by atoms with E-state index in [4.69, 9.17) is 4.74 Å². The van der Waals surface area contributed by atoms with Gasteiger partial charge in [0, 0.05) is 54.9 Å². The van der Waals surface area contributed by atoms with Crippen molar-refractivity contribution >= 4 is 35.0 Å². The van der Waals surface area contributed by atoms with Gasteiger partial charge in [-0.05, 0) is 46.6 Å². The molecule has 0 fully saturated rings. The molecule has 3 heterocycles. The molecule has 0 saturated heterocycles. The molecule has 0 radical (unpaired) electrons. The van der Waals surface area contributed by atoms with Crippen LogP contribution in [0.1, 0.15) is 16.7 Å². The van der Waals surface area contributed by atoms with Gasteiger partial charge >= 0.3 is 0 Å². The van der Waals surface area contributed by atoms with E-state index in [0.29, 0.717) is 6.73 Å². The van der Waals surface area contributed by atoms with E-state index >= 15 is 0 Å². The number of hydrogen-bond acceptors (Lipinski definition) is 3. The molecule has 3 rings (SSSR count). The summed E-state index contributed by atoms with van der Waals surface area (Å²) in [4.78, 5) is 8.73. The van der Waals surface area contributed by atoms with Crippen molar-refractivity contribution < 1.29 is 4.74 Å². The van der Waals surface area contributed by atoms with Gasteiger partial charge in [-0.25, -0.2) is 4.98 Å². The lowest BCUT2D eigenvalue weighted by molar-refractivity contribution is 0.0898. The molecule has 140 valence electrons. The van der Waals surface area contributed by atoms with Crippen molar-refractivity contribution in [2.75, 3.05) is 6.61 Å². The predicted molar refractivity (Wildman–Crippen MR) is 116 cm³/mol. The molecule has 0 aromatic carbocycles. The van der Waals surface area contributed by atoms with Crippen LogP contribution in [0.15, 0.2) is 41.4 Å². The first kappa shape index (κ1) is 19.8. The lowest BCUT2D eigenvalue weighted by Gasteiger charge is -2.15. The first-order valence-electron chi connectivity index (χ1n) is 8.98. The number of rotatable bonds is 5. The Morgan fingerprint density at radius 1 is 1.19 bits per heavy atom. The maximum Gasteiger partial charge on any atom is 0.143 e. The zero-order chi connectivity index (χ0) is 19.4. The van der Waals surface area contributed by atoms with Crippen molar-refractivity contribution in [3.8, 4) is 11.8 Å². The smallest absolute Gasteiger partial charge is 0.143 e. The van der Waals surface area contributed by atoms with Gasteiger partial charge in [0.05, 0.1) is 5.56 Å². The number of fused-ring (bicyclic) bond motifs is 1. The Kier molecular flexibility index (Phi) is 6.15. The zero-order valence-corrected chi connectivity index (χ0v) is 18.8. The molecule has 0 bridgehead atoms. The van der Waals surface area contributed by atoms with E-state index in [1.54, 1.807) is 12.4 Å². The van der Waals surface area contributed by atoms with Gasteiger partial charge in [0.1, 0.15) is 12.4 Å². The maximum atomic E-state index is 5.92. The largest absolute Gasteiger partial charge is 0.361 e. The minimum Gasteiger partial charge on any atom is -0.361 e. The number of aromatic nitrogens is 3. The normalized spacial score (nSPS) is 11.4. The highest BCUT2D eigenvalue weighted by Gasteiger charge is 2.13. The number of halogens is 1. The molecule has 0 saturated carbocycles. The number of ether oxygens (including phenoxy) is 1. The highest BCUT2D eigenvalue weighted by Crippen LogP contribution is 2.23. The van der Waals surface area contributed by atoms with Crippen LogP contribution in [-0.4, -0.2) is 29.2 Å². The van der Waals surface area contributed by atoms with E-state index in [-0.39, 0.29) is 0 Å². The third-order valence-corrected chi connectivity index (χ3v) is 6.42. The summed E-state index contributed by atoms with van der Waals surface area (Å²) in [6.45, 7) is 10.4. The molecule has 0 atom stereocenters. The molecule has 0 amide bonds. The van der Waals surface area contributed by atoms with E-state index in [0.717, 1.165) is 44.8 Å². The van der Waals surface area contributed by atoms with Crippen LogP contribution in [0.4, 0.5) is 0 Å². The van der Waals surface area contributed by atoms with Gasteiger partial charge < -0.3 is 9.30 Å². The molecule has 27 heavy (non-hydrogen) atoms. The molecule has 0 aliphatic rings. The van der Waals surface area contributed by atoms with E-state index in [1.807, 2.05) is 30.0 Å². The SMILES string of the molecule is Cc1ccncc1C#Cc1cn(COCC[Si](C)(C)C)c2ncc(Br)cc12. The van der Waals surface area contributed by atoms with Crippen LogP contribution >= 0.6 is 15.9 Å². The highest BCUT2D eigenvalue weighted by molar-refractivity contribution is 9.10. The first-order valence-corrected chi connectivity index (χ1v) is 13.5. The fourth-order valence-electron chi connectivity index (χ4n) is 2.61. The first-order chi connectivity index (χ1) is 12.8. The standard InChI is InChI=1S/C21H24BrN3OSi/c1-16-7-8-23-12-17(16)5-6-18-14-25(15-26-9-10-27(2,3)4)21-20(18)11-19(22)13-24-21/h7-8,11-14H,9-10,15H2,1-4H3. The van der Waals surface area contributed by atoms with E-state index < -0.39 is 8.07 Å². The van der Waals surface area contributed by atoms with Crippen LogP contribution in [0.25, 0.3) is 11.0 Å². The molecule has 0 aliphatic carbocycles. The van der Waals surface area contributed by atoms with Crippen molar-refractivity contribution in [1.29, 1.82) is 0 Å². The average molecular weight is 442 g/mol. The third kappa shape index (κ3) is 5.29. The molecule has 4 nitrogen and oxygen atoms in total. The van der Waals surface area contributed by atoms with Gasteiger partial charge in [0.25, 0.3) is 0 Å². The van der Waals surface area contributed by atoms with Crippen molar-refractivity contribution in [2.24, 2.45) is 0 Å². The van der Waals surface area contributed by atoms with Crippen LogP contribution in [-0.2, 0) is 11.5 Å². The Balaban J connectivity index is 1.88. The van der Waals surface area contributed by atoms with Gasteiger partial charge in [-0.1, -0.05) is 31.5 Å². The van der Waals surface area contributed by atoms with Crippen LogP contribution < -0.4 is 0 Å². The second-order valence-corrected chi connectivity index (χ2v) is 14.4. The Bertz CT molecular complexity index is 1010. The molecule has 0 spiro atoms. The number of nitrogens with zero attached hydrogens (tertiary/aromatic N) is 3. The average Bonchev–Trinajstić information content (AvgIpc) is 2.94. The molecule has 0 N–H and O–H groups in total. The molecular formula is C21H24BrN3OSi. The summed E-state index contributed by atoms with van der Waals surface area (Å²) in [6, 6.07) is 5.18. The van der Waals surface area contributed by atoms with E-state index in [9.17, 15) is 0 Å². The van der Waals surface area contributed by atoms with Crippen molar-refractivity contribution in [3.05, 3.63) is 58.1 Å². The zero-order valence-electron chi connectivity index (χ0n) is 16.2. The summed E-state index contributed by atoms with van der Waals surface area (Å²) >= 11 is 3.51. The van der Waals surface area contributed by atoms with Crippen LogP contribution in [0.5, 0.6) is 0 Å². The Morgan fingerprint density at radius 3 is 2.70 bits per heavy atom. The lowest BCUT2D eigenvalue weighted by Crippen LogP contribution is -2.22. The highest BCUT2D eigenvalue weighted by atomic mass is 79.9. The summed E-state index contributed by atoms with van der Waals surface area (Å²) in [5.74, 6) is 6.52. The fraction of sp³-hybridized carbons (Fsp3) is 0.333.